The number of hydrogen-bond donors (Lipinski definition) is 2. The number of imidazole rings is 4. The molecule has 4 heterocycles. The molecule has 2 aromatic carbocycles. The molecule has 0 bridgehead atoms. The summed E-state index contributed by atoms with van der Waals surface area (Å²) in [7, 11) is 9.21. The summed E-state index contributed by atoms with van der Waals surface area (Å²) in [6.07, 6.45) is 13.5. The van der Waals surface area contributed by atoms with Crippen LogP contribution in [0.1, 0.15) is 84.4 Å². The van der Waals surface area contributed by atoms with Crippen LogP contribution in [-0.2, 0) is 185 Å². The maximum Gasteiger partial charge on any atom is 2.00 e. The van der Waals surface area contributed by atoms with E-state index in [1.807, 2.05) is 13.8 Å². The molecule has 0 amide bonds. The Bertz CT molecular complexity index is 2760. The van der Waals surface area contributed by atoms with Crippen LogP contribution in [0.2, 0.25) is 0 Å². The molecule has 0 saturated carbocycles. The van der Waals surface area contributed by atoms with E-state index in [9.17, 15) is 49.8 Å². The molecular weight excluding hydrogens is 1660 g/mol. The molecular formula is C56H78Br2N12Na3Ni4O22-. The van der Waals surface area contributed by atoms with Crippen LogP contribution < -0.4 is 140 Å². The van der Waals surface area contributed by atoms with Crippen molar-refractivity contribution in [2.24, 2.45) is 28.2 Å². The Morgan fingerprint density at radius 2 is 0.525 bits per heavy atom. The monoisotopic (exact) mass is 1730 g/mol. The van der Waals surface area contributed by atoms with Gasteiger partial charge < -0.3 is 129 Å². The molecule has 0 fully saturated rings. The van der Waals surface area contributed by atoms with Crippen molar-refractivity contribution in [2.45, 2.75) is 93.9 Å². The van der Waals surface area contributed by atoms with Gasteiger partial charge in [-0.3, -0.25) is 19.6 Å². The number of aliphatic hydroxyl groups excluding tert-OH is 2. The quantitative estimate of drug-likeness (QED) is 0.0531. The van der Waals surface area contributed by atoms with Crippen molar-refractivity contribution in [1.82, 2.24) is 57.8 Å². The summed E-state index contributed by atoms with van der Waals surface area (Å²) >= 11 is 5.50. The van der Waals surface area contributed by atoms with E-state index in [4.69, 9.17) is 49.8 Å². The van der Waals surface area contributed by atoms with Crippen LogP contribution >= 0.6 is 28.3 Å². The van der Waals surface area contributed by atoms with Crippen molar-refractivity contribution in [3.63, 3.8) is 0 Å². The average Bonchev–Trinajstić information content (AvgIpc) is 1.39. The third kappa shape index (κ3) is 59.4. The van der Waals surface area contributed by atoms with E-state index < -0.39 is 47.8 Å². The van der Waals surface area contributed by atoms with E-state index in [0.29, 0.717) is 45.6 Å². The molecule has 0 spiro atoms. The Morgan fingerprint density at radius 1 is 0.384 bits per heavy atom. The first-order chi connectivity index (χ1) is 42.2. The first-order valence-corrected chi connectivity index (χ1v) is 29.7. The molecule has 43 heteroatoms. The van der Waals surface area contributed by atoms with Crippen LogP contribution in [0.15, 0.2) is 73.8 Å². The number of benzene rings is 2. The number of aliphatic hydroxyl groups is 2. The van der Waals surface area contributed by atoms with Crippen molar-refractivity contribution in [1.29, 1.82) is 0 Å². The fourth-order valence-corrected chi connectivity index (χ4v) is 7.69. The molecule has 0 aliphatic rings. The molecule has 6 aromatic rings. The summed E-state index contributed by atoms with van der Waals surface area (Å²) in [5, 5.41) is 121. The summed E-state index contributed by atoms with van der Waals surface area (Å²) in [6, 6.07) is 6.87. The van der Waals surface area contributed by atoms with Gasteiger partial charge in [0.15, 0.2) is 0 Å². The number of aromatic nitrogens is 8. The summed E-state index contributed by atoms with van der Waals surface area (Å²) in [6.45, 7) is 7.25. The van der Waals surface area contributed by atoms with Crippen LogP contribution in [-0.4, -0.2) is 167 Å². The molecule has 0 saturated heterocycles. The topological polar surface area (TPSA) is 555 Å². The van der Waals surface area contributed by atoms with E-state index in [1.54, 1.807) is 140 Å². The van der Waals surface area contributed by atoms with Crippen molar-refractivity contribution in [2.75, 3.05) is 40.4 Å². The van der Waals surface area contributed by atoms with E-state index in [1.165, 1.54) is 0 Å². The third-order valence-electron chi connectivity index (χ3n) is 10.9. The number of rotatable bonds is 24. The van der Waals surface area contributed by atoms with Gasteiger partial charge in [0.25, 0.3) is 0 Å². The number of carbonyl (C=O) groups excluding carboxylic acids is 8. The van der Waals surface area contributed by atoms with Crippen molar-refractivity contribution in [3.8, 4) is 11.5 Å². The SMILES string of the molecule is BrBr.CC(=O)[O-].CC(=O)[O-].CC(=O)[O-].CC(=O)[O-].CO.CO.Cc1cc(CN(CC(=O)[O-])Cc2nccn2C)c([O-])c(CN(CC(=O)[O-])Cc2nccn2C)c1.Cc1cc(CN(CC(=O)[O-])Cc2nccn2C)c([O-])c(CN(CC(=O)[O-])Cc2nccn2C)c1.O.O.[Na+].[Na+].[Na+].[Ni+2].[Ni+2].[Ni+2].[Ni]. The van der Waals surface area contributed by atoms with Gasteiger partial charge in [0.1, 0.15) is 23.3 Å². The van der Waals surface area contributed by atoms with E-state index in [0.717, 1.165) is 53.0 Å². The first kappa shape index (κ1) is 122. The molecule has 6 N–H and O–H groups in total. The zero-order valence-corrected chi connectivity index (χ0v) is 70.2. The Kier molecular flexibility index (Phi) is 86.3. The second-order valence-corrected chi connectivity index (χ2v) is 18.7. The molecule has 6 rings (SSSR count). The molecule has 34 nitrogen and oxygen atoms in total. The maximum absolute atomic E-state index is 13.3. The van der Waals surface area contributed by atoms with E-state index in [2.05, 4.69) is 48.2 Å². The number of carboxylic acids is 8. The van der Waals surface area contributed by atoms with E-state index in [-0.39, 0.29) is 256 Å². The fraction of sp³-hybridized carbons (Fsp3) is 0.429. The molecule has 0 atom stereocenters. The largest absolute Gasteiger partial charge is 2.00 e. The van der Waals surface area contributed by atoms with Gasteiger partial charge in [-0.25, -0.2) is 19.9 Å². The summed E-state index contributed by atoms with van der Waals surface area (Å²) in [5.74, 6) is -7.31. The van der Waals surface area contributed by atoms with Gasteiger partial charge in [-0.15, -0.1) is 0 Å². The number of aliphatic carboxylic acids is 8. The number of carboxylic acid groups (broad SMARTS) is 8. The smallest absolute Gasteiger partial charge is 0.872 e. The van der Waals surface area contributed by atoms with Gasteiger partial charge in [-0.2, -0.15) is 0 Å². The van der Waals surface area contributed by atoms with Crippen LogP contribution in [0, 0.1) is 13.8 Å². The zero-order valence-electron chi connectivity index (χ0n) is 57.0. The minimum absolute atomic E-state index is 0. The predicted molar refractivity (Wildman–Crippen MR) is 315 cm³/mol. The van der Waals surface area contributed by atoms with Crippen molar-refractivity contribution >= 4 is 76.0 Å². The normalized spacial score (nSPS) is 9.05. The van der Waals surface area contributed by atoms with Gasteiger partial charge in [0.2, 0.25) is 0 Å². The minimum atomic E-state index is -1.26. The Balaban J connectivity index is -0.000000110. The number of halogens is 2. The number of carbonyl (C=O) groups is 8. The number of nitrogens with zero attached hydrogens (tertiary/aromatic N) is 12. The van der Waals surface area contributed by atoms with Crippen LogP contribution in [0.4, 0.5) is 0 Å². The van der Waals surface area contributed by atoms with Gasteiger partial charge in [0, 0.05) is 213 Å². The van der Waals surface area contributed by atoms with Crippen LogP contribution in [0.5, 0.6) is 11.5 Å². The molecule has 552 valence electrons. The fourth-order valence-electron chi connectivity index (χ4n) is 7.69. The third-order valence-corrected chi connectivity index (χ3v) is 10.9. The van der Waals surface area contributed by atoms with Gasteiger partial charge in [0.05, 0.1) is 50.1 Å². The van der Waals surface area contributed by atoms with E-state index >= 15 is 0 Å². The van der Waals surface area contributed by atoms with Crippen molar-refractivity contribution < 1.29 is 265 Å². The minimum Gasteiger partial charge on any atom is -0.872 e. The summed E-state index contributed by atoms with van der Waals surface area (Å²) < 4.78 is 7.10. The average molecular weight is 1730 g/mol. The molecule has 0 aliphatic heterocycles. The van der Waals surface area contributed by atoms with Gasteiger partial charge in [-0.05, 0) is 63.8 Å². The van der Waals surface area contributed by atoms with Gasteiger partial charge in [-0.1, -0.05) is 46.9 Å². The molecule has 0 unspecified atom stereocenters. The van der Waals surface area contributed by atoms with Crippen molar-refractivity contribution in [3.05, 3.63) is 131 Å². The zero-order chi connectivity index (χ0) is 70.0. The van der Waals surface area contributed by atoms with Gasteiger partial charge >= 0.3 is 138 Å². The second kappa shape index (κ2) is 69.9. The Morgan fingerprint density at radius 3 is 0.636 bits per heavy atom. The molecule has 4 aromatic heterocycles. The Labute approximate surface area is 696 Å². The summed E-state index contributed by atoms with van der Waals surface area (Å²) in [5.41, 5.74) is 3.26. The molecule has 0 radical (unpaired) electrons. The second-order valence-electron chi connectivity index (χ2n) is 18.7. The number of hydrogen-bond acceptors (Lipinski definition) is 28. The first-order valence-electron chi connectivity index (χ1n) is 26.0. The molecule has 0 aliphatic carbocycles. The van der Waals surface area contributed by atoms with Crippen LogP contribution in [0.25, 0.3) is 0 Å². The molecule has 99 heavy (non-hydrogen) atoms. The predicted octanol–water partition coefficient (Wildman–Crippen LogP) is -18.6. The maximum atomic E-state index is 13.3. The summed E-state index contributed by atoms with van der Waals surface area (Å²) in [4.78, 5) is 104. The Hall–Kier alpha value is -3.75. The standard InChI is InChI=1S/2C23H30N6O5.4C2H4O2.2CH4O.Br2.3Na.4Ni.2H2O/c2*1-16-8-17(10-28(14-21(30)31)12-19-24-4-6-26(19)2)23(34)18(9-16)11-29(15-22(32)33)13-20-25-5-7-27(20)3;4*1-2(3)4;3*1-2;;;;;;;;;/h2*4-9,34H,10-15H2,1-3H3,(H,30,31)(H,32,33);4*1H3,(H,3,4);2*2H,1H3;;;;;;;;;2*1H2/q;;;;;;;;;3*+1;;3*+2;;/p-10. The van der Waals surface area contributed by atoms with Crippen LogP contribution in [0.3, 0.4) is 0 Å². The number of aryl methyl sites for hydroxylation is 6.